The minimum atomic E-state index is 0.564. The zero-order valence-electron chi connectivity index (χ0n) is 6.56. The number of hydrogen-bond donors (Lipinski definition) is 0. The van der Waals surface area contributed by atoms with Crippen LogP contribution in [0.25, 0.3) is 11.4 Å². The summed E-state index contributed by atoms with van der Waals surface area (Å²) in [5, 5.41) is 3.76. The van der Waals surface area contributed by atoms with Gasteiger partial charge in [0.15, 0.2) is 0 Å². The lowest BCUT2D eigenvalue weighted by Gasteiger charge is -1.88. The van der Waals surface area contributed by atoms with Gasteiger partial charge in [0.05, 0.1) is 0 Å². The molecule has 4 heteroatoms. The molecule has 0 bridgehead atoms. The van der Waals surface area contributed by atoms with Gasteiger partial charge in [0, 0.05) is 24.9 Å². The molecule has 0 fully saturated rings. The van der Waals surface area contributed by atoms with Crippen LogP contribution in [0.15, 0.2) is 29.0 Å². The van der Waals surface area contributed by atoms with E-state index < -0.39 is 0 Å². The fourth-order valence-electron chi connectivity index (χ4n) is 0.912. The highest BCUT2D eigenvalue weighted by Gasteiger charge is 2.03. The number of aromatic nitrogens is 3. The molecular weight excluding hydrogens is 154 g/mol. The SMILES string of the molecule is Cc1nc(-c2cccnc2)no1. The van der Waals surface area contributed by atoms with E-state index in [1.54, 1.807) is 19.3 Å². The van der Waals surface area contributed by atoms with Gasteiger partial charge >= 0.3 is 0 Å². The Bertz CT molecular complexity index is 369. The molecular formula is C8H7N3O. The zero-order valence-corrected chi connectivity index (χ0v) is 6.56. The van der Waals surface area contributed by atoms with Gasteiger partial charge in [-0.05, 0) is 12.1 Å². The van der Waals surface area contributed by atoms with Crippen LogP contribution in [-0.4, -0.2) is 15.1 Å². The van der Waals surface area contributed by atoms with E-state index in [1.165, 1.54) is 0 Å². The van der Waals surface area contributed by atoms with Crippen LogP contribution in [0.1, 0.15) is 5.89 Å². The Balaban J connectivity index is 2.45. The lowest BCUT2D eigenvalue weighted by atomic mass is 10.3. The zero-order chi connectivity index (χ0) is 8.39. The Morgan fingerprint density at radius 3 is 2.92 bits per heavy atom. The molecule has 0 atom stereocenters. The van der Waals surface area contributed by atoms with Crippen molar-refractivity contribution in [2.24, 2.45) is 0 Å². The van der Waals surface area contributed by atoms with Crippen LogP contribution in [0.4, 0.5) is 0 Å². The highest BCUT2D eigenvalue weighted by Crippen LogP contribution is 2.12. The quantitative estimate of drug-likeness (QED) is 0.635. The van der Waals surface area contributed by atoms with Crippen LogP contribution in [0.3, 0.4) is 0 Å². The third-order valence-electron chi connectivity index (χ3n) is 1.45. The van der Waals surface area contributed by atoms with Gasteiger partial charge < -0.3 is 4.52 Å². The van der Waals surface area contributed by atoms with Gasteiger partial charge in [0.25, 0.3) is 0 Å². The fourth-order valence-corrected chi connectivity index (χ4v) is 0.912. The summed E-state index contributed by atoms with van der Waals surface area (Å²) in [6.45, 7) is 1.76. The Morgan fingerprint density at radius 2 is 2.33 bits per heavy atom. The van der Waals surface area contributed by atoms with Gasteiger partial charge in [0.1, 0.15) is 0 Å². The molecule has 0 aliphatic rings. The van der Waals surface area contributed by atoms with E-state index in [-0.39, 0.29) is 0 Å². The van der Waals surface area contributed by atoms with Crippen molar-refractivity contribution in [3.63, 3.8) is 0 Å². The number of pyridine rings is 1. The molecule has 0 spiro atoms. The van der Waals surface area contributed by atoms with Crippen LogP contribution in [0.5, 0.6) is 0 Å². The third kappa shape index (κ3) is 1.18. The van der Waals surface area contributed by atoms with Gasteiger partial charge in [0.2, 0.25) is 11.7 Å². The topological polar surface area (TPSA) is 51.8 Å². The molecule has 2 rings (SSSR count). The van der Waals surface area contributed by atoms with Gasteiger partial charge in [-0.3, -0.25) is 4.98 Å². The molecule has 0 aromatic carbocycles. The molecule has 0 saturated carbocycles. The predicted octanol–water partition coefficient (Wildman–Crippen LogP) is 1.44. The molecule has 0 aliphatic carbocycles. The van der Waals surface area contributed by atoms with E-state index in [4.69, 9.17) is 4.52 Å². The van der Waals surface area contributed by atoms with Crippen molar-refractivity contribution in [1.82, 2.24) is 15.1 Å². The van der Waals surface area contributed by atoms with Gasteiger partial charge in [-0.2, -0.15) is 4.98 Å². The fraction of sp³-hybridized carbons (Fsp3) is 0.125. The Kier molecular flexibility index (Phi) is 1.59. The number of nitrogens with zero attached hydrogens (tertiary/aromatic N) is 3. The summed E-state index contributed by atoms with van der Waals surface area (Å²) in [6, 6.07) is 3.72. The molecule has 12 heavy (non-hydrogen) atoms. The van der Waals surface area contributed by atoms with Crippen molar-refractivity contribution in [2.45, 2.75) is 6.92 Å². The lowest BCUT2D eigenvalue weighted by Crippen LogP contribution is -1.80. The van der Waals surface area contributed by atoms with Gasteiger partial charge in [-0.1, -0.05) is 5.16 Å². The minimum absolute atomic E-state index is 0.564. The second-order valence-corrected chi connectivity index (χ2v) is 2.38. The highest BCUT2D eigenvalue weighted by atomic mass is 16.5. The van der Waals surface area contributed by atoms with Crippen molar-refractivity contribution < 1.29 is 4.52 Å². The molecule has 4 nitrogen and oxygen atoms in total. The van der Waals surface area contributed by atoms with Crippen molar-refractivity contribution >= 4 is 0 Å². The summed E-state index contributed by atoms with van der Waals surface area (Å²) >= 11 is 0. The van der Waals surface area contributed by atoms with Crippen LogP contribution < -0.4 is 0 Å². The number of rotatable bonds is 1. The van der Waals surface area contributed by atoms with E-state index in [0.717, 1.165) is 5.56 Å². The smallest absolute Gasteiger partial charge is 0.223 e. The van der Waals surface area contributed by atoms with Crippen molar-refractivity contribution in [2.75, 3.05) is 0 Å². The van der Waals surface area contributed by atoms with Crippen LogP contribution in [0.2, 0.25) is 0 Å². The molecule has 2 heterocycles. The second kappa shape index (κ2) is 2.73. The number of hydrogen-bond acceptors (Lipinski definition) is 4. The molecule has 0 amide bonds. The first-order chi connectivity index (χ1) is 5.86. The molecule has 60 valence electrons. The second-order valence-electron chi connectivity index (χ2n) is 2.38. The average molecular weight is 161 g/mol. The van der Waals surface area contributed by atoms with E-state index in [2.05, 4.69) is 15.1 Å². The lowest BCUT2D eigenvalue weighted by molar-refractivity contribution is 0.394. The highest BCUT2D eigenvalue weighted by molar-refractivity contribution is 5.51. The summed E-state index contributed by atoms with van der Waals surface area (Å²) in [7, 11) is 0. The maximum Gasteiger partial charge on any atom is 0.223 e. The summed E-state index contributed by atoms with van der Waals surface area (Å²) in [5.41, 5.74) is 0.870. The third-order valence-corrected chi connectivity index (χ3v) is 1.45. The van der Waals surface area contributed by atoms with E-state index >= 15 is 0 Å². The van der Waals surface area contributed by atoms with Crippen LogP contribution in [-0.2, 0) is 0 Å². The predicted molar refractivity (Wildman–Crippen MR) is 42.3 cm³/mol. The van der Waals surface area contributed by atoms with Crippen LogP contribution in [0, 0.1) is 6.92 Å². The molecule has 0 N–H and O–H groups in total. The molecule has 0 unspecified atom stereocenters. The first kappa shape index (κ1) is 6.97. The maximum atomic E-state index is 4.83. The number of aryl methyl sites for hydroxylation is 1. The first-order valence-corrected chi connectivity index (χ1v) is 3.57. The Morgan fingerprint density at radius 1 is 1.42 bits per heavy atom. The Labute approximate surface area is 69.3 Å². The summed E-state index contributed by atoms with van der Waals surface area (Å²) in [4.78, 5) is 8.01. The monoisotopic (exact) mass is 161 g/mol. The molecule has 0 aliphatic heterocycles. The maximum absolute atomic E-state index is 4.83. The molecule has 2 aromatic rings. The van der Waals surface area contributed by atoms with E-state index in [1.807, 2.05) is 12.1 Å². The van der Waals surface area contributed by atoms with Crippen molar-refractivity contribution in [3.8, 4) is 11.4 Å². The average Bonchev–Trinajstić information content (AvgIpc) is 2.54. The van der Waals surface area contributed by atoms with Crippen molar-refractivity contribution in [3.05, 3.63) is 30.4 Å². The summed E-state index contributed by atoms with van der Waals surface area (Å²) in [5.74, 6) is 1.15. The standard InChI is InChI=1S/C8H7N3O/c1-6-10-8(11-12-6)7-3-2-4-9-5-7/h2-5H,1H3. The minimum Gasteiger partial charge on any atom is -0.339 e. The summed E-state index contributed by atoms with van der Waals surface area (Å²) in [6.07, 6.45) is 3.40. The summed E-state index contributed by atoms with van der Waals surface area (Å²) < 4.78 is 4.83. The van der Waals surface area contributed by atoms with E-state index in [9.17, 15) is 0 Å². The van der Waals surface area contributed by atoms with Gasteiger partial charge in [-0.25, -0.2) is 0 Å². The largest absolute Gasteiger partial charge is 0.339 e. The molecule has 0 radical (unpaired) electrons. The molecule has 2 aromatic heterocycles. The van der Waals surface area contributed by atoms with Crippen molar-refractivity contribution in [1.29, 1.82) is 0 Å². The van der Waals surface area contributed by atoms with E-state index in [0.29, 0.717) is 11.7 Å². The van der Waals surface area contributed by atoms with Crippen LogP contribution >= 0.6 is 0 Å². The normalized spacial score (nSPS) is 10.1. The Hall–Kier alpha value is -1.71. The first-order valence-electron chi connectivity index (χ1n) is 3.57. The molecule has 0 saturated heterocycles. The van der Waals surface area contributed by atoms with Gasteiger partial charge in [-0.15, -0.1) is 0 Å².